The molecule has 2 amide bonds. The second-order valence-corrected chi connectivity index (χ2v) is 9.19. The van der Waals surface area contributed by atoms with Crippen LogP contribution >= 0.6 is 0 Å². The predicted molar refractivity (Wildman–Crippen MR) is 128 cm³/mol. The summed E-state index contributed by atoms with van der Waals surface area (Å²) < 4.78 is 5.68. The number of carboxylic acid groups (broad SMARTS) is 1. The van der Waals surface area contributed by atoms with Crippen LogP contribution < -0.4 is 10.6 Å². The lowest BCUT2D eigenvalue weighted by Crippen LogP contribution is -2.46. The number of carbonyl (C=O) groups excluding carboxylic acids is 2. The van der Waals surface area contributed by atoms with Gasteiger partial charge < -0.3 is 20.5 Å². The molecule has 2 aliphatic rings. The van der Waals surface area contributed by atoms with Crippen molar-refractivity contribution in [1.82, 2.24) is 10.6 Å². The van der Waals surface area contributed by atoms with Gasteiger partial charge in [0, 0.05) is 18.4 Å². The number of ether oxygens (including phenoxy) is 1. The molecular weight excluding hydrogens is 432 g/mol. The van der Waals surface area contributed by atoms with Crippen molar-refractivity contribution in [2.24, 2.45) is 5.92 Å². The lowest BCUT2D eigenvalue weighted by Gasteiger charge is -2.32. The minimum Gasteiger partial charge on any atom is -0.480 e. The Balaban J connectivity index is 1.35. The van der Waals surface area contributed by atoms with E-state index in [0.717, 1.165) is 36.8 Å². The van der Waals surface area contributed by atoms with Crippen molar-refractivity contribution in [1.29, 1.82) is 0 Å². The zero-order valence-corrected chi connectivity index (χ0v) is 19.5. The predicted octanol–water partition coefficient (Wildman–Crippen LogP) is 4.45. The fraction of sp³-hybridized carbons (Fsp3) is 0.444. The van der Waals surface area contributed by atoms with Crippen molar-refractivity contribution < 1.29 is 24.2 Å². The van der Waals surface area contributed by atoms with Crippen LogP contribution in [0.5, 0.6) is 0 Å². The zero-order valence-electron chi connectivity index (χ0n) is 19.5. The van der Waals surface area contributed by atoms with Gasteiger partial charge in [-0.05, 0) is 47.4 Å². The number of carboxylic acids is 1. The van der Waals surface area contributed by atoms with E-state index >= 15 is 0 Å². The SMILES string of the molecule is CCC(NC(=O)CC1CCCCC1NC(=O)OCC1c2ccccc2-c2ccccc21)C(=O)O. The molecule has 7 heteroatoms. The Morgan fingerprint density at radius 1 is 1.00 bits per heavy atom. The van der Waals surface area contributed by atoms with Crippen LogP contribution in [-0.2, 0) is 14.3 Å². The molecule has 0 radical (unpaired) electrons. The smallest absolute Gasteiger partial charge is 0.407 e. The van der Waals surface area contributed by atoms with Gasteiger partial charge in [-0.2, -0.15) is 0 Å². The van der Waals surface area contributed by atoms with Crippen molar-refractivity contribution in [2.45, 2.75) is 63.5 Å². The van der Waals surface area contributed by atoms with E-state index in [1.165, 1.54) is 11.1 Å². The third-order valence-corrected chi connectivity index (χ3v) is 7.05. The fourth-order valence-electron chi connectivity index (χ4n) is 5.26. The van der Waals surface area contributed by atoms with Crippen LogP contribution in [0.15, 0.2) is 48.5 Å². The van der Waals surface area contributed by atoms with E-state index in [-0.39, 0.29) is 36.8 Å². The fourth-order valence-corrected chi connectivity index (χ4v) is 5.26. The Labute approximate surface area is 199 Å². The summed E-state index contributed by atoms with van der Waals surface area (Å²) in [6.07, 6.45) is 3.58. The van der Waals surface area contributed by atoms with E-state index in [1.807, 2.05) is 24.3 Å². The number of nitrogens with one attached hydrogen (secondary N) is 2. The molecule has 0 spiro atoms. The van der Waals surface area contributed by atoms with Crippen molar-refractivity contribution in [3.8, 4) is 11.1 Å². The Morgan fingerprint density at radius 2 is 1.62 bits per heavy atom. The van der Waals surface area contributed by atoms with Crippen LogP contribution in [0.1, 0.15) is 62.5 Å². The van der Waals surface area contributed by atoms with Crippen LogP contribution in [0, 0.1) is 5.92 Å². The molecule has 2 aromatic rings. The highest BCUT2D eigenvalue weighted by molar-refractivity contribution is 5.83. The third-order valence-electron chi connectivity index (χ3n) is 7.05. The lowest BCUT2D eigenvalue weighted by atomic mass is 9.82. The van der Waals surface area contributed by atoms with E-state index in [0.29, 0.717) is 6.42 Å². The van der Waals surface area contributed by atoms with Crippen molar-refractivity contribution >= 4 is 18.0 Å². The first-order chi connectivity index (χ1) is 16.5. The van der Waals surface area contributed by atoms with Gasteiger partial charge >= 0.3 is 12.1 Å². The molecular formula is C27H32N2O5. The summed E-state index contributed by atoms with van der Waals surface area (Å²) in [5.41, 5.74) is 4.68. The standard InChI is InChI=1S/C27H32N2O5/c1-2-23(26(31)32)28-25(30)15-17-9-3-8-14-24(17)29-27(33)34-16-22-20-12-6-4-10-18(20)19-11-5-7-13-21(19)22/h4-7,10-13,17,22-24H,2-3,8-9,14-16H2,1H3,(H,28,30)(H,29,33)(H,31,32). The van der Waals surface area contributed by atoms with Gasteiger partial charge in [0.1, 0.15) is 12.6 Å². The number of hydrogen-bond acceptors (Lipinski definition) is 4. The average Bonchev–Trinajstić information content (AvgIpc) is 3.16. The number of hydrogen-bond donors (Lipinski definition) is 3. The molecule has 1 saturated carbocycles. The molecule has 0 aliphatic heterocycles. The molecule has 2 aliphatic carbocycles. The van der Waals surface area contributed by atoms with Gasteiger partial charge in [0.2, 0.25) is 5.91 Å². The number of fused-ring (bicyclic) bond motifs is 3. The van der Waals surface area contributed by atoms with Crippen LogP contribution in [0.3, 0.4) is 0 Å². The third kappa shape index (κ3) is 5.24. The number of benzene rings is 2. The van der Waals surface area contributed by atoms with Gasteiger partial charge in [0.25, 0.3) is 0 Å². The molecule has 0 bridgehead atoms. The van der Waals surface area contributed by atoms with Crippen molar-refractivity contribution in [2.75, 3.05) is 6.61 Å². The molecule has 3 atom stereocenters. The molecule has 1 fully saturated rings. The lowest BCUT2D eigenvalue weighted by molar-refractivity contribution is -0.142. The van der Waals surface area contributed by atoms with Gasteiger partial charge in [-0.1, -0.05) is 68.3 Å². The van der Waals surface area contributed by atoms with E-state index in [1.54, 1.807) is 6.92 Å². The van der Waals surface area contributed by atoms with Crippen LogP contribution in [-0.4, -0.2) is 41.8 Å². The van der Waals surface area contributed by atoms with Gasteiger partial charge in [-0.3, -0.25) is 4.79 Å². The highest BCUT2D eigenvalue weighted by atomic mass is 16.5. The minimum absolute atomic E-state index is 0.00641. The van der Waals surface area contributed by atoms with E-state index in [9.17, 15) is 19.5 Å². The Kier molecular flexibility index (Phi) is 7.50. The largest absolute Gasteiger partial charge is 0.480 e. The van der Waals surface area contributed by atoms with E-state index in [2.05, 4.69) is 34.9 Å². The normalized spacial score (nSPS) is 20.0. The molecule has 0 aromatic heterocycles. The summed E-state index contributed by atoms with van der Waals surface area (Å²) in [5.74, 6) is -1.37. The molecule has 3 unspecified atom stereocenters. The maximum absolute atomic E-state index is 12.7. The monoisotopic (exact) mass is 464 g/mol. The molecule has 3 N–H and O–H groups in total. The second kappa shape index (κ2) is 10.7. The number of amides is 2. The minimum atomic E-state index is -1.03. The number of alkyl carbamates (subject to hydrolysis) is 1. The number of rotatable bonds is 8. The summed E-state index contributed by atoms with van der Waals surface area (Å²) >= 11 is 0. The summed E-state index contributed by atoms with van der Waals surface area (Å²) in [6.45, 7) is 1.97. The number of aliphatic carboxylic acids is 1. The maximum atomic E-state index is 12.7. The van der Waals surface area contributed by atoms with Gasteiger partial charge in [0.05, 0.1) is 0 Å². The molecule has 7 nitrogen and oxygen atoms in total. The summed E-state index contributed by atoms with van der Waals surface area (Å²) in [6, 6.07) is 15.3. The van der Waals surface area contributed by atoms with Crippen molar-refractivity contribution in [3.63, 3.8) is 0 Å². The first-order valence-corrected chi connectivity index (χ1v) is 12.1. The highest BCUT2D eigenvalue weighted by Crippen LogP contribution is 2.44. The first-order valence-electron chi connectivity index (χ1n) is 12.1. The summed E-state index contributed by atoms with van der Waals surface area (Å²) in [5, 5.41) is 14.7. The van der Waals surface area contributed by atoms with Gasteiger partial charge in [-0.25, -0.2) is 9.59 Å². The molecule has 0 heterocycles. The Bertz CT molecular complexity index is 1010. The quantitative estimate of drug-likeness (QED) is 0.535. The Hall–Kier alpha value is -3.35. The van der Waals surface area contributed by atoms with Crippen LogP contribution in [0.25, 0.3) is 11.1 Å². The molecule has 4 rings (SSSR count). The van der Waals surface area contributed by atoms with Crippen molar-refractivity contribution in [3.05, 3.63) is 59.7 Å². The molecule has 180 valence electrons. The number of carbonyl (C=O) groups is 3. The summed E-state index contributed by atoms with van der Waals surface area (Å²) in [4.78, 5) is 36.4. The van der Waals surface area contributed by atoms with E-state index < -0.39 is 18.1 Å². The maximum Gasteiger partial charge on any atom is 0.407 e. The average molecular weight is 465 g/mol. The topological polar surface area (TPSA) is 105 Å². The highest BCUT2D eigenvalue weighted by Gasteiger charge is 2.32. The van der Waals surface area contributed by atoms with Crippen LogP contribution in [0.4, 0.5) is 4.79 Å². The van der Waals surface area contributed by atoms with E-state index in [4.69, 9.17) is 4.74 Å². The molecule has 2 aromatic carbocycles. The van der Waals surface area contributed by atoms with Crippen LogP contribution in [0.2, 0.25) is 0 Å². The second-order valence-electron chi connectivity index (χ2n) is 9.19. The van der Waals surface area contributed by atoms with Gasteiger partial charge in [0.15, 0.2) is 0 Å². The van der Waals surface area contributed by atoms with Gasteiger partial charge in [-0.15, -0.1) is 0 Å². The summed E-state index contributed by atoms with van der Waals surface area (Å²) in [7, 11) is 0. The molecule has 34 heavy (non-hydrogen) atoms. The molecule has 0 saturated heterocycles. The first kappa shape index (κ1) is 23.8. The zero-order chi connectivity index (χ0) is 24.1. The Morgan fingerprint density at radius 3 is 2.24 bits per heavy atom.